The van der Waals surface area contributed by atoms with E-state index in [2.05, 4.69) is 27.8 Å². The lowest BCUT2D eigenvalue weighted by Gasteiger charge is -2.24. The second-order valence-corrected chi connectivity index (χ2v) is 7.34. The Bertz CT molecular complexity index is 968. The van der Waals surface area contributed by atoms with Crippen molar-refractivity contribution in [1.82, 2.24) is 24.6 Å². The SMILES string of the molecule is CCn1c(C2CCCN2C(=O)c2cc(C3CC3)[nH]n2)nc2ccccc21. The lowest BCUT2D eigenvalue weighted by molar-refractivity contribution is 0.0722. The van der Waals surface area contributed by atoms with Gasteiger partial charge >= 0.3 is 0 Å². The van der Waals surface area contributed by atoms with Crippen molar-refractivity contribution in [2.75, 3.05) is 6.54 Å². The van der Waals surface area contributed by atoms with E-state index in [1.54, 1.807) is 0 Å². The molecular formula is C20H23N5O. The summed E-state index contributed by atoms with van der Waals surface area (Å²) in [5.41, 5.74) is 3.78. The van der Waals surface area contributed by atoms with Crippen molar-refractivity contribution in [3.63, 3.8) is 0 Å². The zero-order chi connectivity index (χ0) is 17.7. The molecule has 134 valence electrons. The molecule has 1 saturated heterocycles. The topological polar surface area (TPSA) is 66.8 Å². The highest BCUT2D eigenvalue weighted by Crippen LogP contribution is 2.39. The van der Waals surface area contributed by atoms with Gasteiger partial charge in [0.1, 0.15) is 11.5 Å². The Hall–Kier alpha value is -2.63. The molecule has 1 amide bonds. The zero-order valence-electron chi connectivity index (χ0n) is 15.0. The van der Waals surface area contributed by atoms with E-state index in [1.807, 2.05) is 29.2 Å². The molecule has 0 spiro atoms. The van der Waals surface area contributed by atoms with Gasteiger partial charge in [0.05, 0.1) is 17.1 Å². The second kappa shape index (κ2) is 5.97. The predicted octanol–water partition coefficient (Wildman–Crippen LogP) is 3.63. The number of likely N-dealkylation sites (tertiary alicyclic amines) is 1. The standard InChI is InChI=1S/C20H23N5O/c1-2-24-17-7-4-3-6-14(17)21-19(24)18-8-5-11-25(18)20(26)16-12-15(22-23-16)13-9-10-13/h3-4,6-7,12-13,18H,2,5,8-11H2,1H3,(H,22,23). The number of hydrogen-bond acceptors (Lipinski definition) is 3. The van der Waals surface area contributed by atoms with Gasteiger partial charge in [-0.05, 0) is 50.8 Å². The van der Waals surface area contributed by atoms with Gasteiger partial charge in [-0.15, -0.1) is 0 Å². The number of imidazole rings is 1. The van der Waals surface area contributed by atoms with Gasteiger partial charge in [0.2, 0.25) is 0 Å². The summed E-state index contributed by atoms with van der Waals surface area (Å²) in [5.74, 6) is 1.59. The van der Waals surface area contributed by atoms with Crippen LogP contribution in [0.2, 0.25) is 0 Å². The minimum Gasteiger partial charge on any atom is -0.327 e. The van der Waals surface area contributed by atoms with E-state index >= 15 is 0 Å². The molecular weight excluding hydrogens is 326 g/mol. The minimum atomic E-state index is 0.0189. The molecule has 5 rings (SSSR count). The van der Waals surface area contributed by atoms with Crippen LogP contribution in [0, 0.1) is 0 Å². The van der Waals surface area contributed by atoms with Gasteiger partial charge in [-0.25, -0.2) is 4.98 Å². The fourth-order valence-electron chi connectivity index (χ4n) is 4.16. The maximum Gasteiger partial charge on any atom is 0.274 e. The van der Waals surface area contributed by atoms with Gasteiger partial charge in [-0.2, -0.15) is 5.10 Å². The maximum absolute atomic E-state index is 13.1. The summed E-state index contributed by atoms with van der Waals surface area (Å²) >= 11 is 0. The van der Waals surface area contributed by atoms with Crippen molar-refractivity contribution in [3.8, 4) is 0 Å². The Morgan fingerprint density at radius 1 is 1.27 bits per heavy atom. The number of fused-ring (bicyclic) bond motifs is 1. The molecule has 1 aliphatic heterocycles. The number of nitrogens with one attached hydrogen (secondary N) is 1. The average Bonchev–Trinajstić information content (AvgIpc) is 3.12. The van der Waals surface area contributed by atoms with Gasteiger partial charge in [0.15, 0.2) is 0 Å². The predicted molar refractivity (Wildman–Crippen MR) is 99.0 cm³/mol. The van der Waals surface area contributed by atoms with E-state index < -0.39 is 0 Å². The minimum absolute atomic E-state index is 0.0189. The molecule has 3 aromatic rings. The molecule has 2 aliphatic rings. The fourth-order valence-corrected chi connectivity index (χ4v) is 4.16. The number of rotatable bonds is 4. The third-order valence-corrected chi connectivity index (χ3v) is 5.65. The van der Waals surface area contributed by atoms with E-state index in [0.717, 1.165) is 48.5 Å². The first-order valence-corrected chi connectivity index (χ1v) is 9.57. The largest absolute Gasteiger partial charge is 0.327 e. The van der Waals surface area contributed by atoms with E-state index in [4.69, 9.17) is 4.98 Å². The number of para-hydroxylation sites is 2. The number of nitrogens with zero attached hydrogens (tertiary/aromatic N) is 4. The average molecular weight is 349 g/mol. The Kier molecular flexibility index (Phi) is 3.58. The first-order chi connectivity index (χ1) is 12.8. The van der Waals surface area contributed by atoms with E-state index in [0.29, 0.717) is 11.6 Å². The normalized spacial score (nSPS) is 20.2. The van der Waals surface area contributed by atoms with Crippen molar-refractivity contribution in [2.45, 2.75) is 51.1 Å². The number of hydrogen-bond donors (Lipinski definition) is 1. The highest BCUT2D eigenvalue weighted by molar-refractivity contribution is 5.93. The first-order valence-electron chi connectivity index (χ1n) is 9.57. The molecule has 1 atom stereocenters. The molecule has 1 unspecified atom stereocenters. The lowest BCUT2D eigenvalue weighted by Crippen LogP contribution is -2.32. The first kappa shape index (κ1) is 15.6. The van der Waals surface area contributed by atoms with Gasteiger partial charge in [0.25, 0.3) is 5.91 Å². The van der Waals surface area contributed by atoms with Crippen molar-refractivity contribution >= 4 is 16.9 Å². The molecule has 0 bridgehead atoms. The van der Waals surface area contributed by atoms with Gasteiger partial charge in [-0.1, -0.05) is 12.1 Å². The van der Waals surface area contributed by atoms with Crippen LogP contribution < -0.4 is 0 Å². The molecule has 6 heteroatoms. The molecule has 26 heavy (non-hydrogen) atoms. The maximum atomic E-state index is 13.1. The van der Waals surface area contributed by atoms with Crippen LogP contribution in [0.5, 0.6) is 0 Å². The highest BCUT2D eigenvalue weighted by atomic mass is 16.2. The zero-order valence-corrected chi connectivity index (χ0v) is 15.0. The van der Waals surface area contributed by atoms with Crippen LogP contribution >= 0.6 is 0 Å². The number of carbonyl (C=O) groups is 1. The molecule has 1 aliphatic carbocycles. The van der Waals surface area contributed by atoms with Crippen LogP contribution in [-0.2, 0) is 6.54 Å². The number of H-pyrrole nitrogens is 1. The van der Waals surface area contributed by atoms with E-state index in [1.165, 1.54) is 12.8 Å². The molecule has 1 aromatic carbocycles. The molecule has 3 heterocycles. The monoisotopic (exact) mass is 349 g/mol. The molecule has 1 saturated carbocycles. The number of amides is 1. The molecule has 2 aromatic heterocycles. The van der Waals surface area contributed by atoms with Crippen molar-refractivity contribution in [3.05, 3.63) is 47.5 Å². The van der Waals surface area contributed by atoms with E-state index in [9.17, 15) is 4.79 Å². The van der Waals surface area contributed by atoms with Crippen LogP contribution in [0.25, 0.3) is 11.0 Å². The Labute approximate surface area is 152 Å². The van der Waals surface area contributed by atoms with Crippen molar-refractivity contribution in [2.24, 2.45) is 0 Å². The summed E-state index contributed by atoms with van der Waals surface area (Å²) in [6.45, 7) is 3.75. The van der Waals surface area contributed by atoms with Gasteiger partial charge in [0, 0.05) is 24.7 Å². The van der Waals surface area contributed by atoms with Crippen LogP contribution in [0.3, 0.4) is 0 Å². The molecule has 1 N–H and O–H groups in total. The number of aromatic amines is 1. The third-order valence-electron chi connectivity index (χ3n) is 5.65. The number of aromatic nitrogens is 4. The van der Waals surface area contributed by atoms with Crippen LogP contribution in [0.1, 0.15) is 66.6 Å². The van der Waals surface area contributed by atoms with Gasteiger partial charge < -0.3 is 9.47 Å². The van der Waals surface area contributed by atoms with Crippen LogP contribution in [0.15, 0.2) is 30.3 Å². The summed E-state index contributed by atoms with van der Waals surface area (Å²) in [4.78, 5) is 19.9. The fraction of sp³-hybridized carbons (Fsp3) is 0.450. The van der Waals surface area contributed by atoms with Crippen molar-refractivity contribution < 1.29 is 4.79 Å². The highest BCUT2D eigenvalue weighted by Gasteiger charge is 2.35. The molecule has 0 radical (unpaired) electrons. The summed E-state index contributed by atoms with van der Waals surface area (Å²) in [6, 6.07) is 10.2. The number of carbonyl (C=O) groups excluding carboxylic acids is 1. The lowest BCUT2D eigenvalue weighted by atomic mass is 10.2. The van der Waals surface area contributed by atoms with Gasteiger partial charge in [-0.3, -0.25) is 9.89 Å². The summed E-state index contributed by atoms with van der Waals surface area (Å²) in [6.07, 6.45) is 4.35. The Balaban J connectivity index is 1.49. The van der Waals surface area contributed by atoms with Crippen molar-refractivity contribution in [1.29, 1.82) is 0 Å². The van der Waals surface area contributed by atoms with Crippen LogP contribution in [-0.4, -0.2) is 37.1 Å². The second-order valence-electron chi connectivity index (χ2n) is 7.34. The summed E-state index contributed by atoms with van der Waals surface area (Å²) < 4.78 is 2.24. The Morgan fingerprint density at radius 2 is 2.12 bits per heavy atom. The number of aryl methyl sites for hydroxylation is 1. The summed E-state index contributed by atoms with van der Waals surface area (Å²) in [7, 11) is 0. The third kappa shape index (κ3) is 2.43. The Morgan fingerprint density at radius 3 is 2.92 bits per heavy atom. The smallest absolute Gasteiger partial charge is 0.274 e. The number of benzene rings is 1. The quantitative estimate of drug-likeness (QED) is 0.782. The van der Waals surface area contributed by atoms with Crippen LogP contribution in [0.4, 0.5) is 0 Å². The molecule has 6 nitrogen and oxygen atoms in total. The summed E-state index contributed by atoms with van der Waals surface area (Å²) in [5, 5.41) is 7.34. The molecule has 2 fully saturated rings. The van der Waals surface area contributed by atoms with E-state index in [-0.39, 0.29) is 11.9 Å².